The van der Waals surface area contributed by atoms with Crippen molar-refractivity contribution in [2.45, 2.75) is 0 Å². The van der Waals surface area contributed by atoms with Crippen molar-refractivity contribution in [1.82, 2.24) is 0 Å². The molecule has 2 rings (SSSR count). The minimum absolute atomic E-state index is 1.54. The topological polar surface area (TPSA) is 0 Å². The van der Waals surface area contributed by atoms with E-state index in [2.05, 4.69) is 0 Å². The number of hydrogen-bond donors (Lipinski definition) is 0. The zero-order valence-corrected chi connectivity index (χ0v) is 13.5. The van der Waals surface area contributed by atoms with E-state index in [4.69, 9.17) is 0 Å². The molecular weight excluding hydrogens is 404 g/mol. The fourth-order valence-corrected chi connectivity index (χ4v) is 5.13. The molecule has 0 spiro atoms. The van der Waals surface area contributed by atoms with Gasteiger partial charge < -0.3 is 0 Å². The molecule has 0 atom stereocenters. The maximum absolute atomic E-state index is 13.5. The second-order valence-corrected chi connectivity index (χ2v) is 7.98. The summed E-state index contributed by atoms with van der Waals surface area (Å²) in [6, 6.07) is 0. The van der Waals surface area contributed by atoms with Crippen molar-refractivity contribution in [1.29, 1.82) is 0 Å². The van der Waals surface area contributed by atoms with Crippen LogP contribution < -0.4 is 8.24 Å². The van der Waals surface area contributed by atoms with Crippen molar-refractivity contribution in [3.05, 3.63) is 58.2 Å². The van der Waals surface area contributed by atoms with Gasteiger partial charge in [0, 0.05) is 0 Å². The van der Waals surface area contributed by atoms with E-state index in [9.17, 15) is 43.9 Å². The molecule has 0 aliphatic heterocycles. The molecule has 0 amide bonds. The van der Waals surface area contributed by atoms with Crippen molar-refractivity contribution in [2.75, 3.05) is 0 Å². The van der Waals surface area contributed by atoms with Gasteiger partial charge in [-0.05, 0) is 0 Å². The predicted octanol–water partition coefficient (Wildman–Crippen LogP) is 2.46. The van der Waals surface area contributed by atoms with Crippen LogP contribution in [0.3, 0.4) is 0 Å². The van der Waals surface area contributed by atoms with E-state index in [1.165, 1.54) is 0 Å². The summed E-state index contributed by atoms with van der Waals surface area (Å²) in [5, 5.41) is 0. The summed E-state index contributed by atoms with van der Waals surface area (Å²) in [5.74, 6) is -23.9. The van der Waals surface area contributed by atoms with Crippen LogP contribution in [0.5, 0.6) is 0 Å². The molecule has 2 aromatic carbocycles. The quantitative estimate of drug-likeness (QED) is 0.312. The van der Waals surface area contributed by atoms with Crippen molar-refractivity contribution in [2.24, 2.45) is 0 Å². The van der Waals surface area contributed by atoms with Gasteiger partial charge in [0.1, 0.15) is 0 Å². The van der Waals surface area contributed by atoms with Crippen LogP contribution in [0.2, 0.25) is 0 Å². The zero-order valence-electron chi connectivity index (χ0n) is 10.5. The monoisotopic (exact) mass is 404 g/mol. The van der Waals surface area contributed by atoms with E-state index in [0.717, 1.165) is 0 Å². The maximum atomic E-state index is 13.5. The first-order chi connectivity index (χ1) is 10.6. The molecule has 0 fully saturated rings. The Kier molecular flexibility index (Phi) is 4.71. The summed E-state index contributed by atoms with van der Waals surface area (Å²) in [7, 11) is 0. The second kappa shape index (κ2) is 6.11. The summed E-state index contributed by atoms with van der Waals surface area (Å²) in [6.07, 6.45) is 0. The molecule has 0 unspecified atom stereocenters. The molecular formula is C12HF10Ga. The molecule has 0 heterocycles. The standard InChI is InChI=1S/2C6F5.Ga.H/c2*7-2-1-3(8)5(10)6(11)4(2)9;;. The van der Waals surface area contributed by atoms with Crippen LogP contribution in [0, 0.1) is 58.2 Å². The molecule has 11 heteroatoms. The molecule has 0 bridgehead atoms. The van der Waals surface area contributed by atoms with Crippen LogP contribution in [0.4, 0.5) is 43.9 Å². The minimum atomic E-state index is -3.79. The molecule has 122 valence electrons. The first kappa shape index (κ1) is 17.7. The number of rotatable bonds is 2. The van der Waals surface area contributed by atoms with Crippen molar-refractivity contribution in [3.8, 4) is 0 Å². The van der Waals surface area contributed by atoms with Crippen LogP contribution in [0.25, 0.3) is 0 Å². The third-order valence-corrected chi connectivity index (χ3v) is 7.04. The summed E-state index contributed by atoms with van der Waals surface area (Å²) in [6.45, 7) is 0. The van der Waals surface area contributed by atoms with Gasteiger partial charge in [-0.1, -0.05) is 0 Å². The number of benzene rings is 2. The van der Waals surface area contributed by atoms with E-state index in [-0.39, 0.29) is 0 Å². The van der Waals surface area contributed by atoms with Crippen LogP contribution in [-0.4, -0.2) is 17.4 Å². The van der Waals surface area contributed by atoms with Crippen molar-refractivity contribution in [3.63, 3.8) is 0 Å². The van der Waals surface area contributed by atoms with Gasteiger partial charge in [-0.15, -0.1) is 0 Å². The Labute approximate surface area is 128 Å². The van der Waals surface area contributed by atoms with Gasteiger partial charge in [-0.3, -0.25) is 0 Å². The molecule has 0 aliphatic carbocycles. The Morgan fingerprint density at radius 1 is 0.304 bits per heavy atom. The van der Waals surface area contributed by atoms with E-state index in [0.29, 0.717) is 0 Å². The molecule has 23 heavy (non-hydrogen) atoms. The van der Waals surface area contributed by atoms with Gasteiger partial charge in [-0.2, -0.15) is 0 Å². The molecule has 0 saturated heterocycles. The van der Waals surface area contributed by atoms with Gasteiger partial charge in [0.05, 0.1) is 0 Å². The van der Waals surface area contributed by atoms with E-state index >= 15 is 0 Å². The third-order valence-electron chi connectivity index (χ3n) is 2.95. The SMILES string of the molecule is Fc1c(F)c(F)[c]([GaH][c]2c(F)c(F)c(F)c(F)c2F)c(F)c1F. The fraction of sp³-hybridized carbons (Fsp3) is 0. The van der Waals surface area contributed by atoms with Gasteiger partial charge in [-0.25, -0.2) is 0 Å². The average molecular weight is 405 g/mol. The van der Waals surface area contributed by atoms with Crippen molar-refractivity contribution >= 4 is 25.6 Å². The van der Waals surface area contributed by atoms with Gasteiger partial charge in [0.2, 0.25) is 0 Å². The molecule has 0 aromatic heterocycles. The molecule has 0 N–H and O–H groups in total. The summed E-state index contributed by atoms with van der Waals surface area (Å²) >= 11 is -3.79. The van der Waals surface area contributed by atoms with Crippen LogP contribution >= 0.6 is 0 Å². The first-order valence-electron chi connectivity index (χ1n) is 5.60. The Balaban J connectivity index is 2.71. The average Bonchev–Trinajstić information content (AvgIpc) is 2.54. The first-order valence-corrected chi connectivity index (χ1v) is 8.56. The number of hydrogen-bond acceptors (Lipinski definition) is 0. The Morgan fingerprint density at radius 2 is 0.478 bits per heavy atom. The van der Waals surface area contributed by atoms with Crippen LogP contribution in [-0.2, 0) is 0 Å². The summed E-state index contributed by atoms with van der Waals surface area (Å²) in [4.78, 5) is 0. The zero-order chi connectivity index (χ0) is 17.6. The number of halogens is 10. The molecule has 0 nitrogen and oxygen atoms in total. The van der Waals surface area contributed by atoms with Gasteiger partial charge >= 0.3 is 128 Å². The van der Waals surface area contributed by atoms with E-state index in [1.807, 2.05) is 0 Å². The summed E-state index contributed by atoms with van der Waals surface area (Å²) in [5.41, 5.74) is 0. The molecule has 0 saturated carbocycles. The van der Waals surface area contributed by atoms with Gasteiger partial charge in [0.25, 0.3) is 0 Å². The summed E-state index contributed by atoms with van der Waals surface area (Å²) < 4.78 is 128. The van der Waals surface area contributed by atoms with E-state index < -0.39 is 83.8 Å². The second-order valence-electron chi connectivity index (χ2n) is 4.27. The van der Waals surface area contributed by atoms with Crippen LogP contribution in [0.1, 0.15) is 0 Å². The Hall–Kier alpha value is -1.62. The van der Waals surface area contributed by atoms with Gasteiger partial charge in [0.15, 0.2) is 0 Å². The molecule has 0 aliphatic rings. The Bertz CT molecular complexity index is 691. The Morgan fingerprint density at radius 3 is 0.696 bits per heavy atom. The predicted molar refractivity (Wildman–Crippen MR) is 58.9 cm³/mol. The molecule has 2 aromatic rings. The molecule has 0 radical (unpaired) electrons. The van der Waals surface area contributed by atoms with Crippen LogP contribution in [0.15, 0.2) is 0 Å². The van der Waals surface area contributed by atoms with E-state index in [1.54, 1.807) is 0 Å². The normalized spacial score (nSPS) is 11.0. The third kappa shape index (κ3) is 2.71. The van der Waals surface area contributed by atoms with Crippen molar-refractivity contribution < 1.29 is 43.9 Å². The fourth-order valence-electron chi connectivity index (χ4n) is 1.79.